The molecule has 0 unspecified atom stereocenters. The third-order valence-corrected chi connectivity index (χ3v) is 6.28. The molecule has 0 fully saturated rings. The fourth-order valence-corrected chi connectivity index (χ4v) is 4.03. The fourth-order valence-electron chi connectivity index (χ4n) is 2.99. The van der Waals surface area contributed by atoms with Crippen LogP contribution in [0.1, 0.15) is 21.5 Å². The van der Waals surface area contributed by atoms with Crippen LogP contribution in [0.2, 0.25) is 10.0 Å². The number of amides is 1. The van der Waals surface area contributed by atoms with Crippen LogP contribution in [-0.4, -0.2) is 37.2 Å². The molecule has 0 aliphatic carbocycles. The number of hydrogen-bond acceptors (Lipinski definition) is 4. The van der Waals surface area contributed by atoms with Gasteiger partial charge in [0.15, 0.2) is 5.78 Å². The minimum absolute atomic E-state index is 0.000156. The summed E-state index contributed by atoms with van der Waals surface area (Å²) in [6.07, 6.45) is 1.03. The summed E-state index contributed by atoms with van der Waals surface area (Å²) in [5.74, 6) is -0.904. The second-order valence-corrected chi connectivity index (χ2v) is 9.95. The molecule has 0 aliphatic rings. The average Bonchev–Trinajstić information content (AvgIpc) is 2.75. The monoisotopic (exact) mass is 490 g/mol. The standard InChI is InChI=1S/C23H20Cl2N2O4S/c1-32(30,31)27(14-16-7-9-18(24)10-8-16)15-22(28)26-21-12-11-19(25)13-20(21)23(29)17-5-3-2-4-6-17/h2-13H,14-15H2,1H3,(H,26,28). The SMILES string of the molecule is CS(=O)(=O)N(CC(=O)Nc1ccc(Cl)cc1C(=O)c1ccccc1)Cc1ccc(Cl)cc1. The summed E-state index contributed by atoms with van der Waals surface area (Å²) in [5.41, 5.74) is 1.57. The van der Waals surface area contributed by atoms with Crippen LogP contribution in [0.25, 0.3) is 0 Å². The number of rotatable bonds is 8. The van der Waals surface area contributed by atoms with Crippen LogP contribution in [0.3, 0.4) is 0 Å². The summed E-state index contributed by atoms with van der Waals surface area (Å²) in [6, 6.07) is 19.8. The average molecular weight is 491 g/mol. The molecule has 0 saturated heterocycles. The van der Waals surface area contributed by atoms with Crippen LogP contribution in [0.15, 0.2) is 72.8 Å². The highest BCUT2D eigenvalue weighted by Gasteiger charge is 2.22. The van der Waals surface area contributed by atoms with Crippen LogP contribution < -0.4 is 5.32 Å². The normalized spacial score (nSPS) is 11.4. The van der Waals surface area contributed by atoms with Gasteiger partial charge in [0, 0.05) is 27.7 Å². The second kappa shape index (κ2) is 10.3. The lowest BCUT2D eigenvalue weighted by Gasteiger charge is -2.20. The molecule has 0 spiro atoms. The molecule has 1 amide bonds. The molecule has 0 saturated carbocycles. The zero-order valence-electron chi connectivity index (χ0n) is 17.1. The van der Waals surface area contributed by atoms with Crippen molar-refractivity contribution in [2.75, 3.05) is 18.1 Å². The van der Waals surface area contributed by atoms with Crippen LogP contribution >= 0.6 is 23.2 Å². The molecule has 0 aliphatic heterocycles. The largest absolute Gasteiger partial charge is 0.324 e. The van der Waals surface area contributed by atoms with Crippen molar-refractivity contribution in [3.05, 3.63) is 99.5 Å². The van der Waals surface area contributed by atoms with Crippen molar-refractivity contribution in [2.45, 2.75) is 6.54 Å². The van der Waals surface area contributed by atoms with Crippen molar-refractivity contribution in [3.8, 4) is 0 Å². The highest BCUT2D eigenvalue weighted by Crippen LogP contribution is 2.24. The van der Waals surface area contributed by atoms with Crippen LogP contribution in [0, 0.1) is 0 Å². The molecule has 3 aromatic carbocycles. The molecule has 1 N–H and O–H groups in total. The van der Waals surface area contributed by atoms with E-state index in [9.17, 15) is 18.0 Å². The molecular formula is C23H20Cl2N2O4S. The molecule has 0 atom stereocenters. The summed E-state index contributed by atoms with van der Waals surface area (Å²) in [7, 11) is -3.69. The number of ketones is 1. The van der Waals surface area contributed by atoms with E-state index in [1.54, 1.807) is 60.7 Å². The first kappa shape index (κ1) is 23.9. The number of nitrogens with zero attached hydrogens (tertiary/aromatic N) is 1. The van der Waals surface area contributed by atoms with E-state index in [0.717, 1.165) is 10.6 Å². The predicted octanol–water partition coefficient (Wildman–Crippen LogP) is 4.62. The lowest BCUT2D eigenvalue weighted by Crippen LogP contribution is -2.37. The summed E-state index contributed by atoms with van der Waals surface area (Å²) in [4.78, 5) is 25.7. The van der Waals surface area contributed by atoms with Gasteiger partial charge in [0.2, 0.25) is 15.9 Å². The highest BCUT2D eigenvalue weighted by atomic mass is 35.5. The third kappa shape index (κ3) is 6.40. The van der Waals surface area contributed by atoms with Crippen LogP contribution in [0.4, 0.5) is 5.69 Å². The van der Waals surface area contributed by atoms with Crippen molar-refractivity contribution in [3.63, 3.8) is 0 Å². The van der Waals surface area contributed by atoms with Crippen LogP contribution in [-0.2, 0) is 21.4 Å². The van der Waals surface area contributed by atoms with E-state index in [4.69, 9.17) is 23.2 Å². The molecule has 3 aromatic rings. The van der Waals surface area contributed by atoms with Gasteiger partial charge in [-0.2, -0.15) is 4.31 Å². The van der Waals surface area contributed by atoms with Gasteiger partial charge in [-0.1, -0.05) is 65.7 Å². The molecule has 0 aromatic heterocycles. The Morgan fingerprint density at radius 2 is 1.53 bits per heavy atom. The molecule has 0 radical (unpaired) electrons. The van der Waals surface area contributed by atoms with Gasteiger partial charge in [-0.05, 0) is 35.9 Å². The molecule has 166 valence electrons. The lowest BCUT2D eigenvalue weighted by atomic mass is 10.0. The van der Waals surface area contributed by atoms with Crippen molar-refractivity contribution >= 4 is 50.6 Å². The molecular weight excluding hydrogens is 471 g/mol. The van der Waals surface area contributed by atoms with Gasteiger partial charge in [-0.15, -0.1) is 0 Å². The van der Waals surface area contributed by atoms with E-state index in [0.29, 0.717) is 21.2 Å². The van der Waals surface area contributed by atoms with Gasteiger partial charge in [-0.25, -0.2) is 8.42 Å². The number of anilines is 1. The van der Waals surface area contributed by atoms with Gasteiger partial charge in [0.25, 0.3) is 0 Å². The first-order valence-corrected chi connectivity index (χ1v) is 12.1. The summed E-state index contributed by atoms with van der Waals surface area (Å²) in [5, 5.41) is 3.50. The Morgan fingerprint density at radius 3 is 2.16 bits per heavy atom. The fraction of sp³-hybridized carbons (Fsp3) is 0.130. The number of carbonyl (C=O) groups is 2. The molecule has 0 bridgehead atoms. The van der Waals surface area contributed by atoms with Crippen molar-refractivity contribution in [1.29, 1.82) is 0 Å². The Kier molecular flexibility index (Phi) is 7.69. The molecule has 32 heavy (non-hydrogen) atoms. The lowest BCUT2D eigenvalue weighted by molar-refractivity contribution is -0.116. The maximum absolute atomic E-state index is 12.9. The zero-order chi connectivity index (χ0) is 23.3. The van der Waals surface area contributed by atoms with Gasteiger partial charge < -0.3 is 5.32 Å². The van der Waals surface area contributed by atoms with Gasteiger partial charge in [0.1, 0.15) is 0 Å². The quantitative estimate of drug-likeness (QED) is 0.466. The minimum atomic E-state index is -3.69. The first-order chi connectivity index (χ1) is 15.1. The van der Waals surface area contributed by atoms with E-state index in [2.05, 4.69) is 5.32 Å². The Balaban J connectivity index is 1.81. The Morgan fingerprint density at radius 1 is 0.906 bits per heavy atom. The van der Waals surface area contributed by atoms with E-state index in [1.165, 1.54) is 12.1 Å². The summed E-state index contributed by atoms with van der Waals surface area (Å²) < 4.78 is 25.5. The molecule has 0 heterocycles. The smallest absolute Gasteiger partial charge is 0.239 e. The van der Waals surface area contributed by atoms with Crippen molar-refractivity contribution in [2.24, 2.45) is 0 Å². The van der Waals surface area contributed by atoms with E-state index >= 15 is 0 Å². The number of hydrogen-bond donors (Lipinski definition) is 1. The maximum Gasteiger partial charge on any atom is 0.239 e. The number of benzene rings is 3. The number of carbonyl (C=O) groups excluding carboxylic acids is 2. The Labute approximate surface area is 196 Å². The second-order valence-electron chi connectivity index (χ2n) is 7.09. The number of sulfonamides is 1. The molecule has 6 nitrogen and oxygen atoms in total. The minimum Gasteiger partial charge on any atom is -0.324 e. The Bertz CT molecular complexity index is 1230. The number of nitrogens with one attached hydrogen (secondary N) is 1. The van der Waals surface area contributed by atoms with E-state index in [1.807, 2.05) is 0 Å². The molecule has 9 heteroatoms. The van der Waals surface area contributed by atoms with E-state index in [-0.39, 0.29) is 23.6 Å². The summed E-state index contributed by atoms with van der Waals surface area (Å²) >= 11 is 11.9. The van der Waals surface area contributed by atoms with Gasteiger partial charge in [0.05, 0.1) is 18.5 Å². The first-order valence-electron chi connectivity index (χ1n) is 9.52. The predicted molar refractivity (Wildman–Crippen MR) is 127 cm³/mol. The Hall–Kier alpha value is -2.71. The van der Waals surface area contributed by atoms with Gasteiger partial charge >= 0.3 is 0 Å². The van der Waals surface area contributed by atoms with Crippen LogP contribution in [0.5, 0.6) is 0 Å². The highest BCUT2D eigenvalue weighted by molar-refractivity contribution is 7.88. The van der Waals surface area contributed by atoms with Gasteiger partial charge in [-0.3, -0.25) is 9.59 Å². The summed E-state index contributed by atoms with van der Waals surface area (Å²) in [6.45, 7) is -0.428. The zero-order valence-corrected chi connectivity index (χ0v) is 19.4. The maximum atomic E-state index is 12.9. The molecule has 3 rings (SSSR count). The third-order valence-electron chi connectivity index (χ3n) is 4.60. The van der Waals surface area contributed by atoms with Crippen molar-refractivity contribution in [1.82, 2.24) is 4.31 Å². The van der Waals surface area contributed by atoms with E-state index < -0.39 is 22.5 Å². The van der Waals surface area contributed by atoms with Crippen molar-refractivity contribution < 1.29 is 18.0 Å². The topological polar surface area (TPSA) is 83.6 Å². The number of halogens is 2.